The maximum atomic E-state index is 11.9. The van der Waals surface area contributed by atoms with Gasteiger partial charge in [0, 0.05) is 12.6 Å². The quantitative estimate of drug-likeness (QED) is 0.580. The van der Waals surface area contributed by atoms with Crippen LogP contribution in [0.1, 0.15) is 46.5 Å². The zero-order chi connectivity index (χ0) is 23.4. The predicted molar refractivity (Wildman–Crippen MR) is 125 cm³/mol. The molecular formula is C23H31N7O3. The summed E-state index contributed by atoms with van der Waals surface area (Å²) >= 11 is 0. The molecule has 1 aliphatic rings. The third-order valence-electron chi connectivity index (χ3n) is 5.62. The molecule has 0 saturated heterocycles. The maximum Gasteiger partial charge on any atom is 0.407 e. The van der Waals surface area contributed by atoms with Crippen LogP contribution in [-0.4, -0.2) is 56.4 Å². The van der Waals surface area contributed by atoms with E-state index in [0.29, 0.717) is 29.6 Å². The van der Waals surface area contributed by atoms with E-state index in [2.05, 4.69) is 30.9 Å². The second-order valence-electron chi connectivity index (χ2n) is 9.35. The summed E-state index contributed by atoms with van der Waals surface area (Å²) in [6, 6.07) is 7.85. The number of aromatic nitrogens is 5. The van der Waals surface area contributed by atoms with Gasteiger partial charge in [0.05, 0.1) is 19.0 Å². The molecule has 1 amide bonds. The normalized spacial score (nSPS) is 18.7. The van der Waals surface area contributed by atoms with Crippen molar-refractivity contribution < 1.29 is 14.3 Å². The first-order valence-corrected chi connectivity index (χ1v) is 11.3. The average Bonchev–Trinajstić information content (AvgIpc) is 3.21. The van der Waals surface area contributed by atoms with Crippen LogP contribution in [0.25, 0.3) is 16.9 Å². The molecule has 1 aliphatic carbocycles. The van der Waals surface area contributed by atoms with Crippen molar-refractivity contribution in [3.8, 4) is 11.4 Å². The number of hydrogen-bond acceptors (Lipinski definition) is 8. The number of nitrogens with zero attached hydrogens (tertiary/aromatic N) is 5. The third-order valence-corrected chi connectivity index (χ3v) is 5.62. The van der Waals surface area contributed by atoms with E-state index in [0.717, 1.165) is 37.1 Å². The molecule has 0 bridgehead atoms. The summed E-state index contributed by atoms with van der Waals surface area (Å²) in [5, 5.41) is 14.7. The molecule has 0 radical (unpaired) electrons. The van der Waals surface area contributed by atoms with Crippen molar-refractivity contribution >= 4 is 23.2 Å². The highest BCUT2D eigenvalue weighted by Gasteiger charge is 2.23. The van der Waals surface area contributed by atoms with Crippen LogP contribution in [0.4, 0.5) is 10.7 Å². The Bertz CT molecular complexity index is 1080. The number of amides is 1. The highest BCUT2D eigenvalue weighted by molar-refractivity contribution is 5.72. The summed E-state index contributed by atoms with van der Waals surface area (Å²) in [4.78, 5) is 21.0. The van der Waals surface area contributed by atoms with Gasteiger partial charge in [-0.15, -0.1) is 5.10 Å². The van der Waals surface area contributed by atoms with Crippen LogP contribution in [0, 0.1) is 5.92 Å². The van der Waals surface area contributed by atoms with Gasteiger partial charge in [0.1, 0.15) is 11.4 Å². The standard InChI is InChI=1S/C23H31N7O3/c1-23(2,3)33-22(31)25-13-15-5-7-16(8-6-15)26-21-24-14-19-20(27-21)30(29-28-19)17-9-11-18(32-4)12-10-17/h9-12,14-16H,5-8,13H2,1-4H3,(H,25,31)(H,24,26,27). The molecule has 1 saturated carbocycles. The zero-order valence-corrected chi connectivity index (χ0v) is 19.5. The minimum absolute atomic E-state index is 0.283. The van der Waals surface area contributed by atoms with Crippen molar-refractivity contribution in [1.29, 1.82) is 0 Å². The number of ether oxygens (including phenoxy) is 2. The SMILES string of the molecule is COc1ccc(-n2nnc3cnc(NC4CCC(CNC(=O)OC(C)(C)C)CC4)nc32)cc1. The Morgan fingerprint density at radius 1 is 1.15 bits per heavy atom. The summed E-state index contributed by atoms with van der Waals surface area (Å²) < 4.78 is 12.2. The summed E-state index contributed by atoms with van der Waals surface area (Å²) in [5.74, 6) is 1.78. The van der Waals surface area contributed by atoms with Gasteiger partial charge in [-0.25, -0.2) is 9.78 Å². The largest absolute Gasteiger partial charge is 0.497 e. The number of carbonyl (C=O) groups excluding carboxylic acids is 1. The molecule has 3 aromatic rings. The average molecular weight is 454 g/mol. The van der Waals surface area contributed by atoms with Crippen molar-refractivity contribution in [3.05, 3.63) is 30.5 Å². The summed E-state index contributed by atoms with van der Waals surface area (Å²) in [7, 11) is 1.63. The van der Waals surface area contributed by atoms with Gasteiger partial charge in [0.15, 0.2) is 11.2 Å². The minimum Gasteiger partial charge on any atom is -0.497 e. The summed E-state index contributed by atoms with van der Waals surface area (Å²) in [6.45, 7) is 6.23. The zero-order valence-electron chi connectivity index (χ0n) is 19.5. The van der Waals surface area contributed by atoms with Gasteiger partial charge in [0.25, 0.3) is 0 Å². The van der Waals surface area contributed by atoms with Gasteiger partial charge in [-0.3, -0.25) is 0 Å². The van der Waals surface area contributed by atoms with E-state index < -0.39 is 5.60 Å². The number of methoxy groups -OCH3 is 1. The number of alkyl carbamates (subject to hydrolysis) is 1. The fourth-order valence-electron chi connectivity index (χ4n) is 3.93. The molecule has 2 heterocycles. The molecule has 2 N–H and O–H groups in total. The highest BCUT2D eigenvalue weighted by atomic mass is 16.6. The van der Waals surface area contributed by atoms with Crippen LogP contribution >= 0.6 is 0 Å². The first-order valence-electron chi connectivity index (χ1n) is 11.3. The number of anilines is 1. The number of nitrogens with one attached hydrogen (secondary N) is 2. The molecule has 0 atom stereocenters. The van der Waals surface area contributed by atoms with Crippen LogP contribution in [0.3, 0.4) is 0 Å². The van der Waals surface area contributed by atoms with Crippen LogP contribution in [0.15, 0.2) is 30.5 Å². The molecule has 0 spiro atoms. The lowest BCUT2D eigenvalue weighted by Gasteiger charge is -2.29. The molecule has 0 unspecified atom stereocenters. The summed E-state index contributed by atoms with van der Waals surface area (Å²) in [6.07, 6.45) is 5.33. The van der Waals surface area contributed by atoms with E-state index >= 15 is 0 Å². The Morgan fingerprint density at radius 2 is 1.88 bits per heavy atom. The molecule has 10 nitrogen and oxygen atoms in total. The molecule has 33 heavy (non-hydrogen) atoms. The number of benzene rings is 1. The van der Waals surface area contributed by atoms with Crippen LogP contribution in [0.5, 0.6) is 5.75 Å². The Kier molecular flexibility index (Phi) is 6.62. The van der Waals surface area contributed by atoms with Gasteiger partial charge >= 0.3 is 6.09 Å². The number of hydrogen-bond donors (Lipinski definition) is 2. The van der Waals surface area contributed by atoms with Crippen molar-refractivity contribution in [1.82, 2.24) is 30.3 Å². The minimum atomic E-state index is -0.481. The second kappa shape index (κ2) is 9.60. The molecule has 1 aromatic carbocycles. The van der Waals surface area contributed by atoms with Crippen LogP contribution in [0.2, 0.25) is 0 Å². The van der Waals surface area contributed by atoms with Crippen molar-refractivity contribution in [3.63, 3.8) is 0 Å². The second-order valence-corrected chi connectivity index (χ2v) is 9.35. The first kappa shape index (κ1) is 22.8. The molecule has 4 rings (SSSR count). The van der Waals surface area contributed by atoms with E-state index in [1.54, 1.807) is 18.0 Å². The van der Waals surface area contributed by atoms with Gasteiger partial charge in [-0.05, 0) is 76.6 Å². The van der Waals surface area contributed by atoms with Crippen molar-refractivity contribution in [2.24, 2.45) is 5.92 Å². The summed E-state index contributed by atoms with van der Waals surface area (Å²) in [5.41, 5.74) is 1.65. The number of rotatable bonds is 6. The van der Waals surface area contributed by atoms with Gasteiger partial charge in [-0.2, -0.15) is 9.67 Å². The molecule has 176 valence electrons. The fourth-order valence-corrected chi connectivity index (χ4v) is 3.93. The maximum absolute atomic E-state index is 11.9. The van der Waals surface area contributed by atoms with E-state index in [4.69, 9.17) is 9.47 Å². The fraction of sp³-hybridized carbons (Fsp3) is 0.522. The smallest absolute Gasteiger partial charge is 0.407 e. The lowest BCUT2D eigenvalue weighted by Crippen LogP contribution is -2.37. The topological polar surface area (TPSA) is 116 Å². The number of fused-ring (bicyclic) bond motifs is 1. The Balaban J connectivity index is 1.34. The van der Waals surface area contributed by atoms with E-state index in [1.165, 1.54) is 0 Å². The van der Waals surface area contributed by atoms with Gasteiger partial charge < -0.3 is 20.1 Å². The van der Waals surface area contributed by atoms with E-state index in [1.807, 2.05) is 45.0 Å². The molecule has 1 fully saturated rings. The van der Waals surface area contributed by atoms with Crippen LogP contribution in [-0.2, 0) is 4.74 Å². The highest BCUT2D eigenvalue weighted by Crippen LogP contribution is 2.26. The molecule has 10 heteroatoms. The van der Waals surface area contributed by atoms with E-state index in [-0.39, 0.29) is 12.1 Å². The molecule has 2 aromatic heterocycles. The van der Waals surface area contributed by atoms with Crippen LogP contribution < -0.4 is 15.4 Å². The Labute approximate surface area is 193 Å². The van der Waals surface area contributed by atoms with Crippen molar-refractivity contribution in [2.75, 3.05) is 19.0 Å². The first-order chi connectivity index (χ1) is 15.8. The Hall–Kier alpha value is -3.43. The number of carbonyl (C=O) groups is 1. The Morgan fingerprint density at radius 3 is 2.55 bits per heavy atom. The van der Waals surface area contributed by atoms with Crippen molar-refractivity contribution in [2.45, 2.75) is 58.1 Å². The lowest BCUT2D eigenvalue weighted by molar-refractivity contribution is 0.0515. The molecule has 0 aliphatic heterocycles. The molecular weight excluding hydrogens is 422 g/mol. The predicted octanol–water partition coefficient (Wildman–Crippen LogP) is 3.71. The monoisotopic (exact) mass is 453 g/mol. The van der Waals surface area contributed by atoms with Gasteiger partial charge in [0.2, 0.25) is 5.95 Å². The lowest BCUT2D eigenvalue weighted by atomic mass is 9.86. The third kappa shape index (κ3) is 5.88. The van der Waals surface area contributed by atoms with Gasteiger partial charge in [-0.1, -0.05) is 5.21 Å². The van der Waals surface area contributed by atoms with E-state index in [9.17, 15) is 4.79 Å².